The van der Waals surface area contributed by atoms with Crippen molar-refractivity contribution in [3.8, 4) is 0 Å². The summed E-state index contributed by atoms with van der Waals surface area (Å²) in [6.45, 7) is 0. The number of carbonyl (C=O) groups excluding carboxylic acids is 1. The van der Waals surface area contributed by atoms with E-state index >= 15 is 0 Å². The van der Waals surface area contributed by atoms with Gasteiger partial charge in [-0.05, 0) is 27.6 Å². The molecular weight excluding hydrogens is 344 g/mol. The smallest absolute Gasteiger partial charge is 0.258 e. The molecule has 1 atom stereocenters. The maximum absolute atomic E-state index is 12.2. The number of nitrogens with zero attached hydrogens (tertiary/aromatic N) is 1. The van der Waals surface area contributed by atoms with Gasteiger partial charge in [0, 0.05) is 7.11 Å². The summed E-state index contributed by atoms with van der Waals surface area (Å²) in [5.74, 6) is -0.269. The maximum Gasteiger partial charge on any atom is 0.258 e. The molecule has 1 unspecified atom stereocenters. The van der Waals surface area contributed by atoms with Gasteiger partial charge in [0.25, 0.3) is 5.91 Å². The van der Waals surface area contributed by atoms with Crippen LogP contribution in [0.15, 0.2) is 47.1 Å². The Morgan fingerprint density at radius 3 is 2.70 bits per heavy atom. The van der Waals surface area contributed by atoms with Crippen molar-refractivity contribution >= 4 is 39.1 Å². The van der Waals surface area contributed by atoms with Crippen LogP contribution >= 0.6 is 27.5 Å². The number of carbonyl (C=O) groups is 1. The number of anilines is 1. The number of hydrogen-bond acceptors (Lipinski definition) is 3. The number of nitrogens with one attached hydrogen (secondary N) is 1. The van der Waals surface area contributed by atoms with Crippen LogP contribution in [0.4, 0.5) is 5.69 Å². The molecule has 0 aliphatic heterocycles. The average molecular weight is 356 g/mol. The first-order chi connectivity index (χ1) is 9.61. The van der Waals surface area contributed by atoms with Crippen LogP contribution in [0.2, 0.25) is 5.15 Å². The van der Waals surface area contributed by atoms with Crippen LogP contribution in [0.25, 0.3) is 0 Å². The van der Waals surface area contributed by atoms with E-state index in [2.05, 4.69) is 26.2 Å². The summed E-state index contributed by atoms with van der Waals surface area (Å²) in [6.07, 6.45) is 0.813. The predicted octanol–water partition coefficient (Wildman–Crippen LogP) is 3.82. The van der Waals surface area contributed by atoms with Crippen LogP contribution in [0.5, 0.6) is 0 Å². The fourth-order valence-corrected chi connectivity index (χ4v) is 2.17. The van der Waals surface area contributed by atoms with Gasteiger partial charge in [-0.15, -0.1) is 0 Å². The Labute approximate surface area is 130 Å². The topological polar surface area (TPSA) is 51.2 Å². The SMILES string of the molecule is COC(C(=O)Nc1cnc(Cl)c(Br)c1)c1ccccc1. The molecule has 1 N–H and O–H groups in total. The standard InChI is InChI=1S/C14H12BrClN2O2/c1-20-12(9-5-3-2-4-6-9)14(19)18-10-7-11(15)13(16)17-8-10/h2-8,12H,1H3,(H,18,19). The normalized spacial score (nSPS) is 11.9. The molecule has 1 aromatic heterocycles. The third-order valence-electron chi connectivity index (χ3n) is 2.64. The van der Waals surface area contributed by atoms with E-state index in [1.54, 1.807) is 6.07 Å². The lowest BCUT2D eigenvalue weighted by Gasteiger charge is -2.15. The highest BCUT2D eigenvalue weighted by Crippen LogP contribution is 2.24. The highest BCUT2D eigenvalue weighted by Gasteiger charge is 2.20. The summed E-state index contributed by atoms with van der Waals surface area (Å²) in [7, 11) is 1.49. The fraction of sp³-hybridized carbons (Fsp3) is 0.143. The van der Waals surface area contributed by atoms with E-state index in [0.29, 0.717) is 15.3 Å². The Morgan fingerprint density at radius 2 is 2.10 bits per heavy atom. The number of hydrogen-bond donors (Lipinski definition) is 1. The van der Waals surface area contributed by atoms with Crippen molar-refractivity contribution in [2.45, 2.75) is 6.10 Å². The first-order valence-electron chi connectivity index (χ1n) is 5.81. The summed E-state index contributed by atoms with van der Waals surface area (Å²) < 4.78 is 5.87. The van der Waals surface area contributed by atoms with Gasteiger partial charge in [-0.25, -0.2) is 4.98 Å². The van der Waals surface area contributed by atoms with Crippen LogP contribution < -0.4 is 5.32 Å². The number of pyridine rings is 1. The Kier molecular flexibility index (Phi) is 5.11. The number of methoxy groups -OCH3 is 1. The van der Waals surface area contributed by atoms with Crippen molar-refractivity contribution in [1.82, 2.24) is 4.98 Å². The summed E-state index contributed by atoms with van der Waals surface area (Å²) in [5, 5.41) is 3.09. The van der Waals surface area contributed by atoms with Gasteiger partial charge >= 0.3 is 0 Å². The number of halogens is 2. The zero-order valence-corrected chi connectivity index (χ0v) is 13.0. The Bertz CT molecular complexity index is 607. The molecule has 20 heavy (non-hydrogen) atoms. The molecule has 0 saturated carbocycles. The van der Waals surface area contributed by atoms with Gasteiger partial charge < -0.3 is 10.1 Å². The number of ether oxygens (including phenoxy) is 1. The van der Waals surface area contributed by atoms with E-state index in [4.69, 9.17) is 16.3 Å². The molecule has 2 rings (SSSR count). The van der Waals surface area contributed by atoms with Crippen LogP contribution in [0.3, 0.4) is 0 Å². The second-order valence-corrected chi connectivity index (χ2v) is 5.22. The number of amides is 1. The van der Waals surface area contributed by atoms with Crippen molar-refractivity contribution in [3.05, 3.63) is 57.8 Å². The highest BCUT2D eigenvalue weighted by molar-refractivity contribution is 9.10. The molecule has 1 aromatic carbocycles. The van der Waals surface area contributed by atoms with Crippen LogP contribution in [0, 0.1) is 0 Å². The van der Waals surface area contributed by atoms with Gasteiger partial charge in [0.15, 0.2) is 6.10 Å². The quantitative estimate of drug-likeness (QED) is 0.848. The van der Waals surface area contributed by atoms with Crippen LogP contribution in [-0.2, 0) is 9.53 Å². The molecule has 0 aliphatic rings. The first-order valence-corrected chi connectivity index (χ1v) is 6.98. The third-order valence-corrected chi connectivity index (χ3v) is 3.77. The van der Waals surface area contributed by atoms with E-state index in [-0.39, 0.29) is 5.91 Å². The van der Waals surface area contributed by atoms with Crippen molar-refractivity contribution in [2.24, 2.45) is 0 Å². The minimum atomic E-state index is -0.675. The van der Waals surface area contributed by atoms with Gasteiger partial charge in [0.05, 0.1) is 16.4 Å². The van der Waals surface area contributed by atoms with E-state index in [0.717, 1.165) is 5.56 Å². The largest absolute Gasteiger partial charge is 0.367 e. The van der Waals surface area contributed by atoms with E-state index in [9.17, 15) is 4.79 Å². The van der Waals surface area contributed by atoms with E-state index in [1.807, 2.05) is 30.3 Å². The maximum atomic E-state index is 12.2. The number of rotatable bonds is 4. The lowest BCUT2D eigenvalue weighted by molar-refractivity contribution is -0.126. The summed E-state index contributed by atoms with van der Waals surface area (Å²) in [6, 6.07) is 11.0. The van der Waals surface area contributed by atoms with Gasteiger partial charge in [0.2, 0.25) is 0 Å². The Morgan fingerprint density at radius 1 is 1.40 bits per heavy atom. The second-order valence-electron chi connectivity index (χ2n) is 4.01. The van der Waals surface area contributed by atoms with Crippen molar-refractivity contribution in [1.29, 1.82) is 0 Å². The van der Waals surface area contributed by atoms with Crippen molar-refractivity contribution < 1.29 is 9.53 Å². The van der Waals surface area contributed by atoms with Crippen LogP contribution in [-0.4, -0.2) is 18.0 Å². The minimum Gasteiger partial charge on any atom is -0.367 e. The van der Waals surface area contributed by atoms with Crippen molar-refractivity contribution in [3.63, 3.8) is 0 Å². The van der Waals surface area contributed by atoms with E-state index in [1.165, 1.54) is 13.3 Å². The summed E-state index contributed by atoms with van der Waals surface area (Å²) >= 11 is 9.07. The summed E-state index contributed by atoms with van der Waals surface area (Å²) in [5.41, 5.74) is 1.33. The highest BCUT2D eigenvalue weighted by atomic mass is 79.9. The molecule has 0 saturated heterocycles. The molecule has 0 radical (unpaired) electrons. The van der Waals surface area contributed by atoms with Gasteiger partial charge in [0.1, 0.15) is 5.15 Å². The van der Waals surface area contributed by atoms with E-state index < -0.39 is 6.10 Å². The Balaban J connectivity index is 2.15. The molecule has 4 nitrogen and oxygen atoms in total. The molecule has 0 bridgehead atoms. The Hall–Kier alpha value is -1.43. The lowest BCUT2D eigenvalue weighted by atomic mass is 10.1. The van der Waals surface area contributed by atoms with Gasteiger partial charge in [-0.1, -0.05) is 41.9 Å². The zero-order chi connectivity index (χ0) is 14.5. The molecule has 0 fully saturated rings. The third kappa shape index (κ3) is 3.56. The zero-order valence-electron chi connectivity index (χ0n) is 10.6. The molecule has 0 aliphatic carbocycles. The summed E-state index contributed by atoms with van der Waals surface area (Å²) in [4.78, 5) is 16.2. The molecule has 2 aromatic rings. The monoisotopic (exact) mass is 354 g/mol. The number of benzene rings is 1. The minimum absolute atomic E-state index is 0.269. The molecule has 104 valence electrons. The fourth-order valence-electron chi connectivity index (χ4n) is 1.72. The predicted molar refractivity (Wildman–Crippen MR) is 81.8 cm³/mol. The number of aromatic nitrogens is 1. The second kappa shape index (κ2) is 6.83. The van der Waals surface area contributed by atoms with Crippen molar-refractivity contribution in [2.75, 3.05) is 12.4 Å². The molecule has 6 heteroatoms. The molecule has 1 heterocycles. The first kappa shape index (κ1) is 15.0. The van der Waals surface area contributed by atoms with Gasteiger partial charge in [-0.3, -0.25) is 4.79 Å². The molecule has 1 amide bonds. The lowest BCUT2D eigenvalue weighted by Crippen LogP contribution is -2.22. The molecule has 0 spiro atoms. The molecular formula is C14H12BrClN2O2. The van der Waals surface area contributed by atoms with Crippen LogP contribution in [0.1, 0.15) is 11.7 Å². The van der Waals surface area contributed by atoms with Gasteiger partial charge in [-0.2, -0.15) is 0 Å². The average Bonchev–Trinajstić information content (AvgIpc) is 2.45.